The number of carboxylic acids is 2. The van der Waals surface area contributed by atoms with E-state index in [2.05, 4.69) is 5.32 Å². The lowest BCUT2D eigenvalue weighted by Gasteiger charge is -2.15. The van der Waals surface area contributed by atoms with E-state index in [4.69, 9.17) is 39.0 Å². The number of nitrogens with two attached hydrogens (primary N) is 3. The van der Waals surface area contributed by atoms with E-state index in [0.29, 0.717) is 42.4 Å². The molecule has 11 heteroatoms. The van der Waals surface area contributed by atoms with Crippen LogP contribution in [0.15, 0.2) is 48.5 Å². The Bertz CT molecular complexity index is 997. The second kappa shape index (κ2) is 22.5. The number of carbonyl (C=O) groups excluding carboxylic acids is 2. The highest BCUT2D eigenvalue weighted by molar-refractivity contribution is 6.30. The van der Waals surface area contributed by atoms with E-state index in [9.17, 15) is 19.2 Å². The molecule has 1 amide bonds. The molecule has 2 aromatic carbocycles. The van der Waals surface area contributed by atoms with Crippen LogP contribution in [0.4, 0.5) is 5.69 Å². The average molecular weight is 579 g/mol. The summed E-state index contributed by atoms with van der Waals surface area (Å²) in [5.74, 6) is -1.88. The van der Waals surface area contributed by atoms with E-state index in [1.54, 1.807) is 36.4 Å². The topological polar surface area (TPSA) is 199 Å². The van der Waals surface area contributed by atoms with Crippen LogP contribution < -0.4 is 22.5 Å². The van der Waals surface area contributed by atoms with E-state index in [1.807, 2.05) is 6.92 Å². The van der Waals surface area contributed by atoms with Gasteiger partial charge < -0.3 is 32.7 Å². The first-order valence-corrected chi connectivity index (χ1v) is 13.7. The minimum Gasteiger partial charge on any atom is -0.480 e. The van der Waals surface area contributed by atoms with E-state index < -0.39 is 18.0 Å². The van der Waals surface area contributed by atoms with Crippen molar-refractivity contribution >= 4 is 41.4 Å². The van der Waals surface area contributed by atoms with Gasteiger partial charge in [-0.25, -0.2) is 4.79 Å². The summed E-state index contributed by atoms with van der Waals surface area (Å²) in [6.45, 7) is 2.45. The van der Waals surface area contributed by atoms with Gasteiger partial charge in [-0.05, 0) is 87.2 Å². The SMILES string of the molecule is CCCC(=O)Nc1ccc(C=O)cc1.NC1CCCCC1.NCCC[C@H](N)C(=O)O.O=C(O)c1ccc(Cl)cc1. The van der Waals surface area contributed by atoms with Gasteiger partial charge in [0, 0.05) is 28.7 Å². The number of carboxylic acid groups (broad SMARTS) is 2. The Hall–Kier alpha value is -3.31. The summed E-state index contributed by atoms with van der Waals surface area (Å²) in [5.41, 5.74) is 17.5. The third-order valence-electron chi connectivity index (χ3n) is 5.59. The van der Waals surface area contributed by atoms with Crippen LogP contribution in [0.2, 0.25) is 5.02 Å². The van der Waals surface area contributed by atoms with E-state index in [0.717, 1.165) is 18.4 Å². The number of carbonyl (C=O) groups is 4. The zero-order chi connectivity index (χ0) is 30.3. The number of amides is 1. The normalized spacial score (nSPS) is 13.0. The summed E-state index contributed by atoms with van der Waals surface area (Å²) < 4.78 is 0. The number of hydrogen-bond acceptors (Lipinski definition) is 7. The molecule has 1 saturated carbocycles. The lowest BCUT2D eigenvalue weighted by molar-refractivity contribution is -0.138. The van der Waals surface area contributed by atoms with Crippen molar-refractivity contribution in [3.63, 3.8) is 0 Å². The zero-order valence-electron chi connectivity index (χ0n) is 23.1. The molecule has 0 saturated heterocycles. The van der Waals surface area contributed by atoms with Crippen LogP contribution in [-0.4, -0.2) is 53.0 Å². The number of aldehydes is 1. The van der Waals surface area contributed by atoms with Crippen molar-refractivity contribution in [1.29, 1.82) is 0 Å². The molecule has 1 fully saturated rings. The van der Waals surface area contributed by atoms with Gasteiger partial charge >= 0.3 is 11.9 Å². The number of rotatable bonds is 9. The highest BCUT2D eigenvalue weighted by Crippen LogP contribution is 2.15. The van der Waals surface area contributed by atoms with Gasteiger partial charge in [0.2, 0.25) is 5.91 Å². The second-order valence-electron chi connectivity index (χ2n) is 9.12. The highest BCUT2D eigenvalue weighted by atomic mass is 35.5. The molecule has 0 spiro atoms. The lowest BCUT2D eigenvalue weighted by atomic mass is 9.97. The molecule has 40 heavy (non-hydrogen) atoms. The molecular weight excluding hydrogens is 536 g/mol. The quantitative estimate of drug-likeness (QED) is 0.228. The monoisotopic (exact) mass is 578 g/mol. The van der Waals surface area contributed by atoms with Crippen molar-refractivity contribution < 1.29 is 29.4 Å². The number of halogens is 1. The Balaban J connectivity index is 0.000000523. The molecule has 1 aliphatic carbocycles. The van der Waals surface area contributed by atoms with Gasteiger partial charge in [0.1, 0.15) is 12.3 Å². The van der Waals surface area contributed by atoms with E-state index in [-0.39, 0.29) is 11.5 Å². The summed E-state index contributed by atoms with van der Waals surface area (Å²) >= 11 is 5.52. The maximum Gasteiger partial charge on any atom is 0.335 e. The molecule has 1 atom stereocenters. The Labute approximate surface area is 241 Å². The molecule has 1 aliphatic rings. The third-order valence-corrected chi connectivity index (χ3v) is 5.84. The van der Waals surface area contributed by atoms with Crippen molar-refractivity contribution in [2.45, 2.75) is 76.8 Å². The molecule has 3 rings (SSSR count). The van der Waals surface area contributed by atoms with Gasteiger partial charge in [-0.3, -0.25) is 14.4 Å². The maximum atomic E-state index is 11.2. The molecule has 0 aromatic heterocycles. The fourth-order valence-electron chi connectivity index (χ4n) is 3.28. The first-order valence-electron chi connectivity index (χ1n) is 13.3. The summed E-state index contributed by atoms with van der Waals surface area (Å²) in [7, 11) is 0. The predicted molar refractivity (Wildman–Crippen MR) is 159 cm³/mol. The van der Waals surface area contributed by atoms with E-state index in [1.165, 1.54) is 44.2 Å². The van der Waals surface area contributed by atoms with Crippen LogP contribution in [0, 0.1) is 0 Å². The number of aromatic carboxylic acids is 1. The fraction of sp³-hybridized carbons (Fsp3) is 0.448. The number of aliphatic carboxylic acids is 1. The van der Waals surface area contributed by atoms with E-state index >= 15 is 0 Å². The minimum atomic E-state index is -0.955. The molecule has 0 unspecified atom stereocenters. The van der Waals surface area contributed by atoms with Gasteiger partial charge in [0.05, 0.1) is 5.56 Å². The minimum absolute atomic E-state index is 0.00588. The number of hydrogen-bond donors (Lipinski definition) is 6. The standard InChI is InChI=1S/C11H13NO2.C7H5ClO2.C6H13N.C5H12N2O2/c1-2-3-11(14)12-10-6-4-9(8-13)5-7-10;8-6-3-1-5(2-4-6)7(9)10;7-6-4-2-1-3-5-6;6-3-1-2-4(7)5(8)9/h4-8H,2-3H2,1H3,(H,12,14);1-4H,(H,9,10);6H,1-5,7H2;4H,1-3,6-7H2,(H,8,9)/t;;;4-/m...0/s1. The van der Waals surface area contributed by atoms with Gasteiger partial charge in [0.25, 0.3) is 0 Å². The van der Waals surface area contributed by atoms with Crippen LogP contribution in [0.1, 0.15) is 85.4 Å². The van der Waals surface area contributed by atoms with Crippen LogP contribution in [-0.2, 0) is 9.59 Å². The highest BCUT2D eigenvalue weighted by Gasteiger charge is 2.09. The zero-order valence-corrected chi connectivity index (χ0v) is 23.8. The summed E-state index contributed by atoms with van der Waals surface area (Å²) in [6.07, 6.45) is 9.93. The molecule has 0 heterocycles. The summed E-state index contributed by atoms with van der Waals surface area (Å²) in [6, 6.07) is 12.6. The van der Waals surface area contributed by atoms with Crippen molar-refractivity contribution in [1.82, 2.24) is 0 Å². The average Bonchev–Trinajstić information content (AvgIpc) is 2.94. The molecule has 2 aromatic rings. The van der Waals surface area contributed by atoms with Crippen LogP contribution in [0.25, 0.3) is 0 Å². The number of nitrogens with one attached hydrogen (secondary N) is 1. The summed E-state index contributed by atoms with van der Waals surface area (Å²) in [4.78, 5) is 41.8. The van der Waals surface area contributed by atoms with Crippen molar-refractivity contribution in [3.05, 3.63) is 64.7 Å². The Morgan fingerprint density at radius 3 is 2.00 bits per heavy atom. The maximum absolute atomic E-state index is 11.2. The largest absolute Gasteiger partial charge is 0.480 e. The molecule has 222 valence electrons. The van der Waals surface area contributed by atoms with Crippen LogP contribution in [0.3, 0.4) is 0 Å². The van der Waals surface area contributed by atoms with Gasteiger partial charge in [0.15, 0.2) is 0 Å². The molecule has 10 nitrogen and oxygen atoms in total. The van der Waals surface area contributed by atoms with Crippen molar-refractivity contribution in [3.8, 4) is 0 Å². The number of anilines is 1. The van der Waals surface area contributed by atoms with Crippen LogP contribution in [0.5, 0.6) is 0 Å². The van der Waals surface area contributed by atoms with Gasteiger partial charge in [-0.2, -0.15) is 0 Å². The van der Waals surface area contributed by atoms with Crippen LogP contribution >= 0.6 is 11.6 Å². The smallest absolute Gasteiger partial charge is 0.335 e. The predicted octanol–water partition coefficient (Wildman–Crippen LogP) is 4.69. The first kappa shape index (κ1) is 36.7. The Morgan fingerprint density at radius 1 is 1.02 bits per heavy atom. The molecule has 0 radical (unpaired) electrons. The van der Waals surface area contributed by atoms with Gasteiger partial charge in [-0.1, -0.05) is 37.8 Å². The molecule has 0 bridgehead atoms. The Morgan fingerprint density at radius 2 is 1.60 bits per heavy atom. The lowest BCUT2D eigenvalue weighted by Crippen LogP contribution is -2.30. The second-order valence-corrected chi connectivity index (χ2v) is 9.56. The first-order chi connectivity index (χ1) is 19.0. The fourth-order valence-corrected chi connectivity index (χ4v) is 3.41. The molecule has 0 aliphatic heterocycles. The summed E-state index contributed by atoms with van der Waals surface area (Å²) in [5, 5.41) is 20.0. The molecule has 9 N–H and O–H groups in total. The van der Waals surface area contributed by atoms with Gasteiger partial charge in [-0.15, -0.1) is 0 Å². The third kappa shape index (κ3) is 18.9. The van der Waals surface area contributed by atoms with Crippen molar-refractivity contribution in [2.24, 2.45) is 17.2 Å². The van der Waals surface area contributed by atoms with Crippen molar-refractivity contribution in [2.75, 3.05) is 11.9 Å². The number of benzene rings is 2. The Kier molecular flexibility index (Phi) is 20.6. The molecular formula is C29H43ClN4O6.